The van der Waals surface area contributed by atoms with E-state index < -0.39 is 18.6 Å². The molecule has 3 aromatic rings. The molecule has 0 bridgehead atoms. The van der Waals surface area contributed by atoms with Crippen LogP contribution in [0.4, 0.5) is 22.0 Å². The Balaban J connectivity index is 2.01. The van der Waals surface area contributed by atoms with Gasteiger partial charge in [-0.3, -0.25) is 9.67 Å². The molecule has 0 spiro atoms. The maximum Gasteiger partial charge on any atom is 0.455 e. The molecular formula is C16H12ClF5N4S. The molecule has 0 unspecified atom stereocenters. The fourth-order valence-corrected chi connectivity index (χ4v) is 3.30. The van der Waals surface area contributed by atoms with Crippen molar-refractivity contribution in [2.45, 2.75) is 30.5 Å². The summed E-state index contributed by atoms with van der Waals surface area (Å²) in [7, 11) is 0. The smallest absolute Gasteiger partial charge is 0.257 e. The minimum absolute atomic E-state index is 0.0643. The quantitative estimate of drug-likeness (QED) is 0.311. The Labute approximate surface area is 159 Å². The van der Waals surface area contributed by atoms with E-state index in [1.807, 2.05) is 6.92 Å². The Morgan fingerprint density at radius 2 is 1.89 bits per heavy atom. The lowest BCUT2D eigenvalue weighted by Gasteiger charge is -2.19. The van der Waals surface area contributed by atoms with Crippen molar-refractivity contribution in [2.75, 3.05) is 5.75 Å². The fraction of sp³-hybridized carbons (Fsp3) is 0.312. The lowest BCUT2D eigenvalue weighted by Crippen LogP contribution is -2.40. The summed E-state index contributed by atoms with van der Waals surface area (Å²) >= 11 is 7.47. The number of thioether (sulfide) groups is 1. The SMILES string of the molecule is CCSc1ccc(Cl)nc1-c1cc2cnn(CC(F)(F)C(F)(F)F)c2cn1. The van der Waals surface area contributed by atoms with Crippen LogP contribution in [0.1, 0.15) is 6.92 Å². The molecule has 0 radical (unpaired) electrons. The molecule has 0 aliphatic rings. The first-order valence-corrected chi connectivity index (χ1v) is 9.04. The Morgan fingerprint density at radius 1 is 1.15 bits per heavy atom. The van der Waals surface area contributed by atoms with Gasteiger partial charge in [-0.2, -0.15) is 27.1 Å². The zero-order valence-corrected chi connectivity index (χ0v) is 15.3. The van der Waals surface area contributed by atoms with Crippen LogP contribution in [0.25, 0.3) is 22.3 Å². The summed E-state index contributed by atoms with van der Waals surface area (Å²) < 4.78 is 64.5. The van der Waals surface area contributed by atoms with Crippen molar-refractivity contribution in [3.05, 3.63) is 35.7 Å². The van der Waals surface area contributed by atoms with E-state index in [1.54, 1.807) is 12.1 Å². The number of alkyl halides is 5. The molecule has 4 nitrogen and oxygen atoms in total. The third-order valence-corrected chi connectivity index (χ3v) is 4.80. The number of rotatable bonds is 5. The van der Waals surface area contributed by atoms with Crippen LogP contribution in [0.2, 0.25) is 5.15 Å². The number of pyridine rings is 2. The van der Waals surface area contributed by atoms with Crippen molar-refractivity contribution >= 4 is 34.3 Å². The highest BCUT2D eigenvalue weighted by atomic mass is 35.5. The Kier molecular flexibility index (Phi) is 5.31. The third-order valence-electron chi connectivity index (χ3n) is 3.66. The first-order valence-electron chi connectivity index (χ1n) is 7.68. The Morgan fingerprint density at radius 3 is 2.56 bits per heavy atom. The van der Waals surface area contributed by atoms with Gasteiger partial charge in [0.05, 0.1) is 23.6 Å². The molecule has 3 rings (SSSR count). The highest BCUT2D eigenvalue weighted by Crippen LogP contribution is 2.37. The number of nitrogens with zero attached hydrogens (tertiary/aromatic N) is 4. The van der Waals surface area contributed by atoms with Crippen LogP contribution in [0, 0.1) is 0 Å². The lowest BCUT2D eigenvalue weighted by molar-refractivity contribution is -0.287. The monoisotopic (exact) mass is 422 g/mol. The molecule has 27 heavy (non-hydrogen) atoms. The lowest BCUT2D eigenvalue weighted by atomic mass is 10.2. The van der Waals surface area contributed by atoms with Crippen LogP contribution in [0.15, 0.2) is 35.5 Å². The number of halogens is 6. The average Bonchev–Trinajstić information content (AvgIpc) is 2.97. The Hall–Kier alpha value is -1.94. The van der Waals surface area contributed by atoms with Gasteiger partial charge in [-0.1, -0.05) is 18.5 Å². The van der Waals surface area contributed by atoms with Crippen LogP contribution >= 0.6 is 23.4 Å². The largest absolute Gasteiger partial charge is 0.455 e. The molecule has 0 fully saturated rings. The molecule has 144 valence electrons. The summed E-state index contributed by atoms with van der Waals surface area (Å²) in [5, 5.41) is 4.28. The molecule has 0 aliphatic carbocycles. The van der Waals surface area contributed by atoms with Crippen LogP contribution in [-0.4, -0.2) is 37.6 Å². The van der Waals surface area contributed by atoms with Gasteiger partial charge in [0, 0.05) is 10.3 Å². The second kappa shape index (κ2) is 7.23. The van der Waals surface area contributed by atoms with Crippen LogP contribution < -0.4 is 0 Å². The van der Waals surface area contributed by atoms with Gasteiger partial charge in [0.15, 0.2) is 0 Å². The van der Waals surface area contributed by atoms with E-state index in [9.17, 15) is 22.0 Å². The summed E-state index contributed by atoms with van der Waals surface area (Å²) in [6.07, 6.45) is -3.24. The maximum absolute atomic E-state index is 13.3. The molecule has 3 aromatic heterocycles. The van der Waals surface area contributed by atoms with Crippen LogP contribution in [0.5, 0.6) is 0 Å². The van der Waals surface area contributed by atoms with Crippen LogP contribution in [-0.2, 0) is 6.54 Å². The minimum Gasteiger partial charge on any atom is -0.257 e. The normalized spacial score (nSPS) is 12.7. The fourth-order valence-electron chi connectivity index (χ4n) is 2.39. The van der Waals surface area contributed by atoms with Crippen LogP contribution in [0.3, 0.4) is 0 Å². The molecule has 0 aliphatic heterocycles. The van der Waals surface area contributed by atoms with Gasteiger partial charge in [0.1, 0.15) is 17.4 Å². The number of hydrogen-bond donors (Lipinski definition) is 0. The molecule has 0 atom stereocenters. The zero-order valence-electron chi connectivity index (χ0n) is 13.8. The second-order valence-corrected chi connectivity index (χ2v) is 7.24. The van der Waals surface area contributed by atoms with E-state index in [0.29, 0.717) is 21.5 Å². The van der Waals surface area contributed by atoms with Gasteiger partial charge >= 0.3 is 12.1 Å². The standard InChI is InChI=1S/C16H12ClF5N4S/c1-2-27-12-3-4-13(17)25-14(12)10-5-9-6-24-26(11(9)7-23-10)8-15(18,19)16(20,21)22/h3-7H,2,8H2,1H3. The second-order valence-electron chi connectivity index (χ2n) is 5.55. The number of fused-ring (bicyclic) bond motifs is 1. The first kappa shape index (κ1) is 19.8. The molecular weight excluding hydrogens is 411 g/mol. The topological polar surface area (TPSA) is 43.6 Å². The Bertz CT molecular complexity index is 973. The predicted octanol–water partition coefficient (Wildman–Crippen LogP) is 5.46. The summed E-state index contributed by atoms with van der Waals surface area (Å²) in [5.74, 6) is -4.12. The van der Waals surface area contributed by atoms with Gasteiger partial charge in [-0.05, 0) is 24.0 Å². The summed E-state index contributed by atoms with van der Waals surface area (Å²) in [5.41, 5.74) is 0.988. The molecule has 0 aromatic carbocycles. The minimum atomic E-state index is -5.66. The van der Waals surface area contributed by atoms with Gasteiger partial charge in [-0.25, -0.2) is 4.98 Å². The van der Waals surface area contributed by atoms with Crippen molar-refractivity contribution < 1.29 is 22.0 Å². The van der Waals surface area contributed by atoms with Crippen molar-refractivity contribution in [1.82, 2.24) is 19.7 Å². The third kappa shape index (κ3) is 4.01. The number of hydrogen-bond acceptors (Lipinski definition) is 4. The van der Waals surface area contributed by atoms with Gasteiger partial charge in [0.2, 0.25) is 0 Å². The molecule has 0 saturated heterocycles. The number of aromatic nitrogens is 4. The highest BCUT2D eigenvalue weighted by Gasteiger charge is 2.57. The van der Waals surface area contributed by atoms with E-state index in [1.165, 1.54) is 30.2 Å². The van der Waals surface area contributed by atoms with Crippen molar-refractivity contribution in [1.29, 1.82) is 0 Å². The highest BCUT2D eigenvalue weighted by molar-refractivity contribution is 7.99. The van der Waals surface area contributed by atoms with Gasteiger partial charge in [0.25, 0.3) is 0 Å². The van der Waals surface area contributed by atoms with E-state index in [-0.39, 0.29) is 10.7 Å². The summed E-state index contributed by atoms with van der Waals surface area (Å²) in [4.78, 5) is 9.24. The zero-order chi connectivity index (χ0) is 19.8. The molecule has 0 saturated carbocycles. The predicted molar refractivity (Wildman–Crippen MR) is 93.2 cm³/mol. The first-order chi connectivity index (χ1) is 12.6. The van der Waals surface area contributed by atoms with E-state index in [0.717, 1.165) is 10.6 Å². The molecule has 0 amide bonds. The van der Waals surface area contributed by atoms with Gasteiger partial charge in [-0.15, -0.1) is 11.8 Å². The van der Waals surface area contributed by atoms with Gasteiger partial charge < -0.3 is 0 Å². The van der Waals surface area contributed by atoms with E-state index in [2.05, 4.69) is 15.1 Å². The van der Waals surface area contributed by atoms with E-state index in [4.69, 9.17) is 11.6 Å². The molecule has 0 N–H and O–H groups in total. The van der Waals surface area contributed by atoms with Crippen molar-refractivity contribution in [3.63, 3.8) is 0 Å². The van der Waals surface area contributed by atoms with Crippen molar-refractivity contribution in [2.24, 2.45) is 0 Å². The molecule has 3 heterocycles. The molecule has 11 heteroatoms. The maximum atomic E-state index is 13.3. The van der Waals surface area contributed by atoms with Crippen molar-refractivity contribution in [3.8, 4) is 11.4 Å². The van der Waals surface area contributed by atoms with E-state index >= 15 is 0 Å². The summed E-state index contributed by atoms with van der Waals surface area (Å²) in [6, 6.07) is 4.96. The summed E-state index contributed by atoms with van der Waals surface area (Å²) in [6.45, 7) is 0.345. The average molecular weight is 423 g/mol.